The summed E-state index contributed by atoms with van der Waals surface area (Å²) in [7, 11) is 1.48. The Hall–Kier alpha value is -1.12. The normalized spacial score (nSPS) is 11.9. The zero-order chi connectivity index (χ0) is 13.5. The van der Waals surface area contributed by atoms with E-state index in [0.29, 0.717) is 8.96 Å². The molecule has 2 rings (SSSR count). The topological polar surface area (TPSA) is 24.9 Å². The van der Waals surface area contributed by atoms with Gasteiger partial charge in [-0.05, 0) is 40.8 Å². The molecule has 0 atom stereocenters. The van der Waals surface area contributed by atoms with Gasteiger partial charge in [-0.1, -0.05) is 0 Å². The number of hydrogen-bond donors (Lipinski definition) is 1. The number of pyridine rings is 1. The number of rotatable bonds is 1. The predicted molar refractivity (Wildman–Crippen MR) is 69.0 cm³/mol. The number of halogens is 5. The van der Waals surface area contributed by atoms with E-state index in [2.05, 4.69) is 10.3 Å². The highest BCUT2D eigenvalue weighted by molar-refractivity contribution is 14.1. The van der Waals surface area contributed by atoms with Crippen molar-refractivity contribution in [3.8, 4) is 0 Å². The average Bonchev–Trinajstić information content (AvgIpc) is 2.26. The zero-order valence-corrected chi connectivity index (χ0v) is 11.2. The van der Waals surface area contributed by atoms with Crippen molar-refractivity contribution in [1.82, 2.24) is 4.98 Å². The third-order valence-corrected chi connectivity index (χ3v) is 3.21. The van der Waals surface area contributed by atoms with E-state index in [9.17, 15) is 17.6 Å². The molecular formula is C11H7F4IN2. The van der Waals surface area contributed by atoms with Crippen LogP contribution >= 0.6 is 22.6 Å². The fourth-order valence-electron chi connectivity index (χ4n) is 1.60. The molecule has 96 valence electrons. The standard InChI is InChI=1S/C11H7F4IN2/c1-17-8-4-9(11(13,14)15)18-10-6(8)2-5(12)3-7(10)16/h2-4H,1H3,(H,17,18). The third kappa shape index (κ3) is 2.36. The van der Waals surface area contributed by atoms with Gasteiger partial charge in [-0.3, -0.25) is 0 Å². The highest BCUT2D eigenvalue weighted by Gasteiger charge is 2.33. The average molecular weight is 370 g/mol. The number of nitrogens with zero attached hydrogens (tertiary/aromatic N) is 1. The first kappa shape index (κ1) is 13.3. The van der Waals surface area contributed by atoms with Crippen LogP contribution in [0.2, 0.25) is 0 Å². The molecule has 0 spiro atoms. The molecule has 18 heavy (non-hydrogen) atoms. The molecule has 1 aromatic heterocycles. The Labute approximate surface area is 114 Å². The number of anilines is 1. The number of alkyl halides is 3. The minimum atomic E-state index is -4.53. The monoisotopic (exact) mass is 370 g/mol. The van der Waals surface area contributed by atoms with E-state index >= 15 is 0 Å². The van der Waals surface area contributed by atoms with E-state index in [1.807, 2.05) is 0 Å². The van der Waals surface area contributed by atoms with Crippen LogP contribution in [0.4, 0.5) is 23.2 Å². The van der Waals surface area contributed by atoms with Gasteiger partial charge in [0.1, 0.15) is 11.5 Å². The van der Waals surface area contributed by atoms with E-state index in [1.165, 1.54) is 7.05 Å². The Kier molecular flexibility index (Phi) is 3.35. The highest BCUT2D eigenvalue weighted by atomic mass is 127. The molecule has 7 heteroatoms. The molecule has 0 saturated heterocycles. The van der Waals surface area contributed by atoms with Gasteiger partial charge in [0.2, 0.25) is 0 Å². The minimum Gasteiger partial charge on any atom is -0.388 e. The highest BCUT2D eigenvalue weighted by Crippen LogP contribution is 2.34. The van der Waals surface area contributed by atoms with Crippen LogP contribution < -0.4 is 5.32 Å². The van der Waals surface area contributed by atoms with Crippen LogP contribution in [0.15, 0.2) is 18.2 Å². The molecule has 0 bridgehead atoms. The molecule has 0 fully saturated rings. The lowest BCUT2D eigenvalue weighted by atomic mass is 10.1. The van der Waals surface area contributed by atoms with E-state index in [-0.39, 0.29) is 11.2 Å². The first-order chi connectivity index (χ1) is 8.32. The Bertz CT molecular complexity index is 610. The maximum Gasteiger partial charge on any atom is 0.433 e. The van der Waals surface area contributed by atoms with E-state index in [0.717, 1.165) is 18.2 Å². The van der Waals surface area contributed by atoms with Crippen molar-refractivity contribution >= 4 is 39.2 Å². The number of aromatic nitrogens is 1. The molecule has 0 aliphatic rings. The lowest BCUT2D eigenvalue weighted by Gasteiger charge is -2.12. The van der Waals surface area contributed by atoms with Crippen molar-refractivity contribution < 1.29 is 17.6 Å². The molecule has 0 unspecified atom stereocenters. The molecule has 0 aliphatic heterocycles. The van der Waals surface area contributed by atoms with Crippen molar-refractivity contribution in [2.45, 2.75) is 6.18 Å². The van der Waals surface area contributed by atoms with Gasteiger partial charge in [0.25, 0.3) is 0 Å². The van der Waals surface area contributed by atoms with Gasteiger partial charge in [0.15, 0.2) is 0 Å². The summed E-state index contributed by atoms with van der Waals surface area (Å²) in [5.41, 5.74) is -0.662. The summed E-state index contributed by atoms with van der Waals surface area (Å²) >= 11 is 1.76. The van der Waals surface area contributed by atoms with Gasteiger partial charge in [0.05, 0.1) is 5.52 Å². The van der Waals surface area contributed by atoms with Crippen LogP contribution in [-0.2, 0) is 6.18 Å². The second-order valence-corrected chi connectivity index (χ2v) is 4.75. The van der Waals surface area contributed by atoms with Crippen molar-refractivity contribution in [1.29, 1.82) is 0 Å². The smallest absolute Gasteiger partial charge is 0.388 e. The maximum absolute atomic E-state index is 13.3. The van der Waals surface area contributed by atoms with E-state index in [1.54, 1.807) is 22.6 Å². The zero-order valence-electron chi connectivity index (χ0n) is 9.07. The van der Waals surface area contributed by atoms with Crippen molar-refractivity contribution in [2.75, 3.05) is 12.4 Å². The number of fused-ring (bicyclic) bond motifs is 1. The lowest BCUT2D eigenvalue weighted by Crippen LogP contribution is -2.09. The summed E-state index contributed by atoms with van der Waals surface area (Å²) in [5, 5.41) is 2.96. The molecule has 2 nitrogen and oxygen atoms in total. The molecule has 1 N–H and O–H groups in total. The van der Waals surface area contributed by atoms with Crippen LogP contribution in [0, 0.1) is 9.39 Å². The Balaban J connectivity index is 2.84. The van der Waals surface area contributed by atoms with Gasteiger partial charge in [-0.2, -0.15) is 13.2 Å². The maximum atomic E-state index is 13.3. The SMILES string of the molecule is CNc1cc(C(F)(F)F)nc2c(I)cc(F)cc12. The first-order valence-corrected chi connectivity index (χ1v) is 5.95. The van der Waals surface area contributed by atoms with Gasteiger partial charge < -0.3 is 5.32 Å². The van der Waals surface area contributed by atoms with Crippen molar-refractivity contribution in [3.05, 3.63) is 33.3 Å². The molecule has 0 saturated carbocycles. The van der Waals surface area contributed by atoms with Crippen LogP contribution in [0.3, 0.4) is 0 Å². The molecule has 1 heterocycles. The number of hydrogen-bond acceptors (Lipinski definition) is 2. The first-order valence-electron chi connectivity index (χ1n) is 4.87. The summed E-state index contributed by atoms with van der Waals surface area (Å²) < 4.78 is 51.6. The van der Waals surface area contributed by atoms with Gasteiger partial charge in [0, 0.05) is 21.7 Å². The van der Waals surface area contributed by atoms with Crippen LogP contribution in [-0.4, -0.2) is 12.0 Å². The predicted octanol–water partition coefficient (Wildman–Crippen LogP) is 4.04. The van der Waals surface area contributed by atoms with Crippen molar-refractivity contribution in [3.63, 3.8) is 0 Å². The molecule has 0 radical (unpaired) electrons. The minimum absolute atomic E-state index is 0.135. The van der Waals surface area contributed by atoms with Crippen molar-refractivity contribution in [2.24, 2.45) is 0 Å². The van der Waals surface area contributed by atoms with Gasteiger partial charge >= 0.3 is 6.18 Å². The summed E-state index contributed by atoms with van der Waals surface area (Å²) in [6, 6.07) is 3.18. The van der Waals surface area contributed by atoms with Crippen LogP contribution in [0.5, 0.6) is 0 Å². The number of benzene rings is 1. The number of nitrogens with one attached hydrogen (secondary N) is 1. The summed E-state index contributed by atoms with van der Waals surface area (Å²) in [6.07, 6.45) is -4.53. The van der Waals surface area contributed by atoms with Crippen LogP contribution in [0.25, 0.3) is 10.9 Å². The largest absolute Gasteiger partial charge is 0.433 e. The van der Waals surface area contributed by atoms with Crippen LogP contribution in [0.1, 0.15) is 5.69 Å². The Morgan fingerprint density at radius 1 is 1.22 bits per heavy atom. The second-order valence-electron chi connectivity index (χ2n) is 3.59. The molecular weight excluding hydrogens is 363 g/mol. The quantitative estimate of drug-likeness (QED) is 0.606. The Morgan fingerprint density at radius 2 is 1.89 bits per heavy atom. The lowest BCUT2D eigenvalue weighted by molar-refractivity contribution is -0.140. The summed E-state index contributed by atoms with van der Waals surface area (Å²) in [4.78, 5) is 3.56. The fourth-order valence-corrected chi connectivity index (χ4v) is 2.31. The second kappa shape index (κ2) is 4.52. The summed E-state index contributed by atoms with van der Waals surface area (Å²) in [6.45, 7) is 0. The molecule has 0 amide bonds. The third-order valence-electron chi connectivity index (χ3n) is 2.39. The molecule has 2 aromatic rings. The molecule has 1 aromatic carbocycles. The van der Waals surface area contributed by atoms with Gasteiger partial charge in [-0.25, -0.2) is 9.37 Å². The van der Waals surface area contributed by atoms with Gasteiger partial charge in [-0.15, -0.1) is 0 Å². The van der Waals surface area contributed by atoms with E-state index in [4.69, 9.17) is 0 Å². The fraction of sp³-hybridized carbons (Fsp3) is 0.182. The summed E-state index contributed by atoms with van der Waals surface area (Å²) in [5.74, 6) is -0.509. The van der Waals surface area contributed by atoms with E-state index < -0.39 is 17.7 Å². The Morgan fingerprint density at radius 3 is 2.44 bits per heavy atom. The molecule has 0 aliphatic carbocycles.